The van der Waals surface area contributed by atoms with Crippen LogP contribution in [-0.2, 0) is 30.3 Å². The van der Waals surface area contributed by atoms with Crippen molar-refractivity contribution in [1.82, 2.24) is 24.8 Å². The molecule has 1 amide bonds. The summed E-state index contributed by atoms with van der Waals surface area (Å²) in [6.07, 6.45) is 2.15. The molecule has 0 radical (unpaired) electrons. The van der Waals surface area contributed by atoms with E-state index in [4.69, 9.17) is 35.8 Å². The average Bonchev–Trinajstić information content (AvgIpc) is 3.26. The molecule has 12 heteroatoms. The third-order valence-corrected chi connectivity index (χ3v) is 8.30. The van der Waals surface area contributed by atoms with Crippen molar-refractivity contribution in [3.05, 3.63) is 47.0 Å². The van der Waals surface area contributed by atoms with Crippen LogP contribution >= 0.6 is 11.6 Å². The van der Waals surface area contributed by atoms with Crippen molar-refractivity contribution in [1.29, 1.82) is 0 Å². The fraction of sp³-hybridized carbons (Fsp3) is 0.483. The van der Waals surface area contributed by atoms with Crippen LogP contribution in [0.1, 0.15) is 50.5 Å². The molecule has 0 bridgehead atoms. The van der Waals surface area contributed by atoms with Crippen molar-refractivity contribution < 1.29 is 23.8 Å². The van der Waals surface area contributed by atoms with Crippen LogP contribution in [0.4, 0.5) is 5.82 Å². The Balaban J connectivity index is 1.39. The number of rotatable bonds is 7. The van der Waals surface area contributed by atoms with Gasteiger partial charge >= 0.3 is 5.97 Å². The summed E-state index contributed by atoms with van der Waals surface area (Å²) in [5.74, 6) is 5.54. The second kappa shape index (κ2) is 10.3. The van der Waals surface area contributed by atoms with E-state index in [-0.39, 0.29) is 48.3 Å². The van der Waals surface area contributed by atoms with Crippen LogP contribution in [0.2, 0.25) is 5.02 Å². The average molecular weight is 579 g/mol. The Kier molecular flexibility index (Phi) is 6.88. The van der Waals surface area contributed by atoms with Gasteiger partial charge in [-0.3, -0.25) is 9.59 Å². The van der Waals surface area contributed by atoms with Gasteiger partial charge in [0.1, 0.15) is 12.2 Å². The Hall–Kier alpha value is -3.72. The number of nitrogens with one attached hydrogen (secondary N) is 2. The number of fused-ring (bicyclic) bond motifs is 4. The van der Waals surface area contributed by atoms with Crippen LogP contribution in [0.5, 0.6) is 0 Å². The Labute approximate surface area is 242 Å². The minimum atomic E-state index is -0.826. The fourth-order valence-corrected chi connectivity index (χ4v) is 6.47. The molecule has 41 heavy (non-hydrogen) atoms. The van der Waals surface area contributed by atoms with Crippen molar-refractivity contribution in [2.24, 2.45) is 11.3 Å². The Bertz CT molecular complexity index is 1600. The molecule has 3 fully saturated rings. The molecule has 2 N–H and O–H groups in total. The van der Waals surface area contributed by atoms with E-state index in [0.717, 1.165) is 5.56 Å². The van der Waals surface area contributed by atoms with Crippen LogP contribution in [0.25, 0.3) is 11.2 Å². The minimum Gasteiger partial charge on any atom is -0.469 e. The Morgan fingerprint density at radius 1 is 1.27 bits per heavy atom. The number of imidazole rings is 1. The van der Waals surface area contributed by atoms with E-state index in [1.165, 1.54) is 7.11 Å². The molecule has 1 saturated heterocycles. The summed E-state index contributed by atoms with van der Waals surface area (Å²) < 4.78 is 19.4. The molecule has 0 spiro atoms. The summed E-state index contributed by atoms with van der Waals surface area (Å²) in [6, 6.07) is 7.33. The maximum absolute atomic E-state index is 13.1. The van der Waals surface area contributed by atoms with Gasteiger partial charge in [-0.05, 0) is 43.9 Å². The van der Waals surface area contributed by atoms with Gasteiger partial charge in [0, 0.05) is 31.0 Å². The van der Waals surface area contributed by atoms with Crippen molar-refractivity contribution in [2.75, 3.05) is 19.5 Å². The number of aromatic nitrogens is 4. The lowest BCUT2D eigenvalue weighted by atomic mass is 9.98. The van der Waals surface area contributed by atoms with Crippen LogP contribution in [0.15, 0.2) is 30.6 Å². The largest absolute Gasteiger partial charge is 0.469 e. The van der Waals surface area contributed by atoms with Gasteiger partial charge in [-0.1, -0.05) is 29.7 Å². The highest BCUT2D eigenvalue weighted by molar-refractivity contribution is 6.30. The van der Waals surface area contributed by atoms with Crippen LogP contribution < -0.4 is 10.6 Å². The zero-order valence-corrected chi connectivity index (χ0v) is 24.0. The quantitative estimate of drug-likeness (QED) is 0.320. The third-order valence-electron chi connectivity index (χ3n) is 8.07. The minimum absolute atomic E-state index is 0.00150. The highest BCUT2D eigenvalue weighted by atomic mass is 35.5. The van der Waals surface area contributed by atoms with Crippen molar-refractivity contribution in [2.45, 2.75) is 63.7 Å². The normalized spacial score (nSPS) is 27.0. The van der Waals surface area contributed by atoms with E-state index in [2.05, 4.69) is 27.5 Å². The van der Waals surface area contributed by atoms with Crippen molar-refractivity contribution in [3.63, 3.8) is 0 Å². The molecular weight excluding hydrogens is 548 g/mol. The smallest absolute Gasteiger partial charge is 0.306 e. The third kappa shape index (κ3) is 4.80. The van der Waals surface area contributed by atoms with Crippen LogP contribution in [-0.4, -0.2) is 63.5 Å². The molecule has 1 aliphatic heterocycles. The fourth-order valence-electron chi connectivity index (χ4n) is 6.25. The number of anilines is 1. The zero-order chi connectivity index (χ0) is 28.9. The van der Waals surface area contributed by atoms with Gasteiger partial charge in [0.15, 0.2) is 22.8 Å². The first kappa shape index (κ1) is 27.4. The van der Waals surface area contributed by atoms with Gasteiger partial charge in [-0.15, -0.1) is 0 Å². The monoisotopic (exact) mass is 578 g/mol. The number of carbonyl (C=O) groups is 2. The van der Waals surface area contributed by atoms with E-state index in [0.29, 0.717) is 41.4 Å². The highest BCUT2D eigenvalue weighted by Crippen LogP contribution is 2.71. The molecule has 6 rings (SSSR count). The Morgan fingerprint density at radius 2 is 2.10 bits per heavy atom. The number of hydrogen-bond donors (Lipinski definition) is 2. The molecule has 3 aliphatic rings. The molecule has 2 aromatic heterocycles. The maximum atomic E-state index is 13.1. The van der Waals surface area contributed by atoms with Crippen LogP contribution in [0.3, 0.4) is 0 Å². The lowest BCUT2D eigenvalue weighted by Crippen LogP contribution is -2.40. The van der Waals surface area contributed by atoms with E-state index in [1.54, 1.807) is 13.4 Å². The first-order chi connectivity index (χ1) is 19.7. The van der Waals surface area contributed by atoms with Gasteiger partial charge < -0.3 is 29.4 Å². The van der Waals surface area contributed by atoms with E-state index < -0.39 is 11.2 Å². The van der Waals surface area contributed by atoms with Gasteiger partial charge in [0.2, 0.25) is 11.7 Å². The molecule has 2 saturated carbocycles. The standard InChI is InChI=1S/C29H31ClN6O5/c1-28(2)40-23-22(18-13-29(18,24(23)41-28)27(38)31-3)36-15-33-21-25(32-14-16-8-7-9-17(30)12-16)34-19(35-26(21)36)10-5-6-11-20(37)39-4/h7-9,12,15,18,22-24H,6,11,13-14H2,1-4H3,(H,31,38)(H,32,34,35)/t18-,22-,23+,24+,29+/m1/s1. The number of ether oxygens (including phenoxy) is 3. The second-order valence-electron chi connectivity index (χ2n) is 11.0. The van der Waals surface area contributed by atoms with Gasteiger partial charge in [-0.25, -0.2) is 15.0 Å². The van der Waals surface area contributed by atoms with Crippen molar-refractivity contribution >= 4 is 40.5 Å². The number of amides is 1. The summed E-state index contributed by atoms with van der Waals surface area (Å²) in [6.45, 7) is 4.19. The summed E-state index contributed by atoms with van der Waals surface area (Å²) >= 11 is 6.18. The van der Waals surface area contributed by atoms with Gasteiger partial charge in [-0.2, -0.15) is 0 Å². The molecule has 3 heterocycles. The maximum Gasteiger partial charge on any atom is 0.306 e. The molecule has 214 valence electrons. The van der Waals surface area contributed by atoms with Gasteiger partial charge in [0.25, 0.3) is 0 Å². The number of methoxy groups -OCH3 is 1. The zero-order valence-electron chi connectivity index (χ0n) is 23.2. The lowest BCUT2D eigenvalue weighted by Gasteiger charge is -2.24. The van der Waals surface area contributed by atoms with Crippen LogP contribution in [0, 0.1) is 23.2 Å². The number of halogens is 1. The van der Waals surface area contributed by atoms with Gasteiger partial charge in [0.05, 0.1) is 31.3 Å². The predicted molar refractivity (Wildman–Crippen MR) is 150 cm³/mol. The molecule has 1 aromatic carbocycles. The molecule has 11 nitrogen and oxygen atoms in total. The van der Waals surface area contributed by atoms with E-state index in [9.17, 15) is 9.59 Å². The molecule has 0 unspecified atom stereocenters. The highest BCUT2D eigenvalue weighted by Gasteiger charge is 2.79. The first-order valence-corrected chi connectivity index (χ1v) is 13.9. The summed E-state index contributed by atoms with van der Waals surface area (Å²) in [5.41, 5.74) is 1.45. The number of benzene rings is 1. The predicted octanol–water partition coefficient (Wildman–Crippen LogP) is 3.22. The first-order valence-electron chi connectivity index (χ1n) is 13.5. The second-order valence-corrected chi connectivity index (χ2v) is 11.5. The number of carbonyl (C=O) groups excluding carboxylic acids is 2. The van der Waals surface area contributed by atoms with E-state index in [1.807, 2.05) is 42.7 Å². The number of nitrogens with zero attached hydrogens (tertiary/aromatic N) is 4. The summed E-state index contributed by atoms with van der Waals surface area (Å²) in [7, 11) is 3.00. The van der Waals surface area contributed by atoms with E-state index >= 15 is 0 Å². The lowest BCUT2D eigenvalue weighted by molar-refractivity contribution is -0.164. The Morgan fingerprint density at radius 3 is 2.85 bits per heavy atom. The SMILES string of the molecule is CNC(=O)[C@@]12C[C@@H]1[C@@H](n1cnc3c(NCc4cccc(Cl)c4)nc(C#CCCC(=O)OC)nc31)[C@@H]1OC(C)(C)O[C@@H]12. The molecule has 2 aliphatic carbocycles. The molecule has 3 aromatic rings. The summed E-state index contributed by atoms with van der Waals surface area (Å²) in [4.78, 5) is 38.8. The molecule has 5 atom stereocenters. The topological polar surface area (TPSA) is 129 Å². The number of esters is 1. The summed E-state index contributed by atoms with van der Waals surface area (Å²) in [5, 5.41) is 6.83. The van der Waals surface area contributed by atoms with Crippen molar-refractivity contribution in [3.8, 4) is 11.8 Å². The number of hydrogen-bond acceptors (Lipinski definition) is 9. The molecular formula is C29H31ClN6O5.